The van der Waals surface area contributed by atoms with Crippen LogP contribution in [0.5, 0.6) is 0 Å². The Labute approximate surface area is 139 Å². The fraction of sp³-hybridized carbons (Fsp3) is 0.667. The number of fused-ring (bicyclic) bond motifs is 1. The van der Waals surface area contributed by atoms with Gasteiger partial charge < -0.3 is 4.57 Å². The van der Waals surface area contributed by atoms with Crippen LogP contribution in [0.3, 0.4) is 0 Å². The standard InChI is InChI=1S/C15H20ClN5S/c1-10-17-12-4-2-3-5-14(12)21(10)11-6-7-20(8-11)9-13-15(16)22-19-18-13/h11H,2-9H2,1H3. The van der Waals surface area contributed by atoms with Gasteiger partial charge in [-0.15, -0.1) is 5.10 Å². The van der Waals surface area contributed by atoms with Gasteiger partial charge in [0.05, 0.1) is 5.69 Å². The highest BCUT2D eigenvalue weighted by molar-refractivity contribution is 7.10. The van der Waals surface area contributed by atoms with Gasteiger partial charge in [-0.05, 0) is 39.0 Å². The Balaban J connectivity index is 1.51. The number of hydrogen-bond donors (Lipinski definition) is 0. The normalized spacial score (nSPS) is 22.2. The zero-order valence-electron chi connectivity index (χ0n) is 12.8. The summed E-state index contributed by atoms with van der Waals surface area (Å²) in [5, 5.41) is 4.13. The van der Waals surface area contributed by atoms with Gasteiger partial charge in [0.25, 0.3) is 0 Å². The van der Waals surface area contributed by atoms with Crippen molar-refractivity contribution in [3.63, 3.8) is 0 Å². The number of hydrogen-bond acceptors (Lipinski definition) is 5. The molecule has 4 rings (SSSR count). The molecule has 1 unspecified atom stereocenters. The van der Waals surface area contributed by atoms with Crippen molar-refractivity contribution >= 4 is 23.1 Å². The molecule has 0 aromatic carbocycles. The Kier molecular flexibility index (Phi) is 3.92. The lowest BCUT2D eigenvalue weighted by Crippen LogP contribution is -2.23. The number of halogens is 1. The highest BCUT2D eigenvalue weighted by atomic mass is 35.5. The second-order valence-electron chi connectivity index (χ2n) is 6.30. The summed E-state index contributed by atoms with van der Waals surface area (Å²) in [6, 6.07) is 0.541. The van der Waals surface area contributed by atoms with Crippen LogP contribution in [0.15, 0.2) is 0 Å². The Morgan fingerprint density at radius 3 is 3.00 bits per heavy atom. The van der Waals surface area contributed by atoms with E-state index in [1.54, 1.807) is 0 Å². The Bertz CT molecular complexity index is 680. The minimum Gasteiger partial charge on any atom is -0.328 e. The predicted octanol–water partition coefficient (Wildman–Crippen LogP) is 3.02. The van der Waals surface area contributed by atoms with Crippen LogP contribution in [0.25, 0.3) is 0 Å². The molecule has 5 nitrogen and oxygen atoms in total. The summed E-state index contributed by atoms with van der Waals surface area (Å²) in [4.78, 5) is 7.25. The molecule has 118 valence electrons. The molecule has 0 bridgehead atoms. The molecule has 0 saturated carbocycles. The van der Waals surface area contributed by atoms with Gasteiger partial charge in [-0.1, -0.05) is 16.1 Å². The SMILES string of the molecule is Cc1nc2c(n1C1CCN(Cc3nnsc3Cl)C1)CCCC2. The maximum atomic E-state index is 6.13. The highest BCUT2D eigenvalue weighted by Gasteiger charge is 2.29. The number of likely N-dealkylation sites (tertiary alicyclic amines) is 1. The van der Waals surface area contributed by atoms with Crippen molar-refractivity contribution in [2.75, 3.05) is 13.1 Å². The van der Waals surface area contributed by atoms with E-state index >= 15 is 0 Å². The lowest BCUT2D eigenvalue weighted by molar-refractivity contribution is 0.310. The maximum absolute atomic E-state index is 6.13. The third kappa shape index (κ3) is 2.57. The zero-order valence-corrected chi connectivity index (χ0v) is 14.3. The molecule has 2 aromatic rings. The van der Waals surface area contributed by atoms with Crippen molar-refractivity contribution in [3.05, 3.63) is 27.2 Å². The van der Waals surface area contributed by atoms with Gasteiger partial charge in [0.2, 0.25) is 0 Å². The van der Waals surface area contributed by atoms with Crippen LogP contribution in [0.2, 0.25) is 4.34 Å². The quantitative estimate of drug-likeness (QED) is 0.863. The second-order valence-corrected chi connectivity index (χ2v) is 7.66. The van der Waals surface area contributed by atoms with Gasteiger partial charge >= 0.3 is 0 Å². The van der Waals surface area contributed by atoms with Crippen molar-refractivity contribution in [2.24, 2.45) is 0 Å². The van der Waals surface area contributed by atoms with Gasteiger partial charge in [0, 0.05) is 42.9 Å². The molecule has 0 N–H and O–H groups in total. The van der Waals surface area contributed by atoms with Gasteiger partial charge in [-0.2, -0.15) is 0 Å². The Morgan fingerprint density at radius 1 is 1.32 bits per heavy atom. The minimum atomic E-state index is 0.541. The number of imidazole rings is 1. The van der Waals surface area contributed by atoms with Crippen LogP contribution in [0.1, 0.15) is 48.2 Å². The summed E-state index contributed by atoms with van der Waals surface area (Å²) in [6.45, 7) is 5.10. The minimum absolute atomic E-state index is 0.541. The summed E-state index contributed by atoms with van der Waals surface area (Å²) in [5.41, 5.74) is 3.75. The molecule has 1 fully saturated rings. The fourth-order valence-corrected chi connectivity index (χ4v) is 4.46. The molecule has 2 aromatic heterocycles. The molecule has 0 radical (unpaired) electrons. The summed E-state index contributed by atoms with van der Waals surface area (Å²) in [5.74, 6) is 1.19. The van der Waals surface area contributed by atoms with Crippen molar-refractivity contribution in [3.8, 4) is 0 Å². The molecule has 1 saturated heterocycles. The van der Waals surface area contributed by atoms with Crippen molar-refractivity contribution in [1.82, 2.24) is 24.0 Å². The zero-order chi connectivity index (χ0) is 15.1. The first-order valence-electron chi connectivity index (χ1n) is 7.98. The van der Waals surface area contributed by atoms with Crippen molar-refractivity contribution in [2.45, 2.75) is 51.6 Å². The third-order valence-electron chi connectivity index (χ3n) is 4.84. The fourth-order valence-electron chi connectivity index (χ4n) is 3.85. The van der Waals surface area contributed by atoms with Gasteiger partial charge in [-0.25, -0.2) is 4.98 Å². The van der Waals surface area contributed by atoms with E-state index in [9.17, 15) is 0 Å². The van der Waals surface area contributed by atoms with Crippen LogP contribution in [-0.2, 0) is 19.4 Å². The predicted molar refractivity (Wildman–Crippen MR) is 87.5 cm³/mol. The van der Waals surface area contributed by atoms with Crippen LogP contribution in [-0.4, -0.2) is 37.1 Å². The van der Waals surface area contributed by atoms with E-state index < -0.39 is 0 Å². The molecular weight excluding hydrogens is 318 g/mol. The van der Waals surface area contributed by atoms with Crippen LogP contribution in [0, 0.1) is 6.92 Å². The Hall–Kier alpha value is -0.980. The first kappa shape index (κ1) is 14.6. The molecule has 2 aliphatic rings. The van der Waals surface area contributed by atoms with Crippen molar-refractivity contribution in [1.29, 1.82) is 0 Å². The molecular formula is C15H20ClN5S. The van der Waals surface area contributed by atoms with Crippen LogP contribution < -0.4 is 0 Å². The number of nitrogens with zero attached hydrogens (tertiary/aromatic N) is 5. The Morgan fingerprint density at radius 2 is 2.18 bits per heavy atom. The molecule has 1 atom stereocenters. The monoisotopic (exact) mass is 337 g/mol. The first-order valence-corrected chi connectivity index (χ1v) is 9.13. The van der Waals surface area contributed by atoms with E-state index in [0.29, 0.717) is 6.04 Å². The van der Waals surface area contributed by atoms with E-state index in [0.717, 1.165) is 36.1 Å². The van der Waals surface area contributed by atoms with E-state index in [1.165, 1.54) is 54.4 Å². The van der Waals surface area contributed by atoms with E-state index in [-0.39, 0.29) is 0 Å². The lowest BCUT2D eigenvalue weighted by atomic mass is 10.0. The van der Waals surface area contributed by atoms with E-state index in [2.05, 4.69) is 26.0 Å². The highest BCUT2D eigenvalue weighted by Crippen LogP contribution is 2.31. The maximum Gasteiger partial charge on any atom is 0.138 e. The topological polar surface area (TPSA) is 46.8 Å². The molecule has 7 heteroatoms. The molecule has 0 amide bonds. The van der Waals surface area contributed by atoms with Gasteiger partial charge in [0.1, 0.15) is 15.9 Å². The molecule has 22 heavy (non-hydrogen) atoms. The van der Waals surface area contributed by atoms with Gasteiger partial charge in [0.15, 0.2) is 0 Å². The average Bonchev–Trinajstić information content (AvgIpc) is 3.19. The summed E-state index contributed by atoms with van der Waals surface area (Å²) < 4.78 is 7.15. The molecule has 1 aliphatic carbocycles. The van der Waals surface area contributed by atoms with E-state index in [4.69, 9.17) is 16.6 Å². The largest absolute Gasteiger partial charge is 0.328 e. The average molecular weight is 338 g/mol. The summed E-state index contributed by atoms with van der Waals surface area (Å²) in [7, 11) is 0. The number of aryl methyl sites for hydroxylation is 2. The van der Waals surface area contributed by atoms with Crippen LogP contribution >= 0.6 is 23.1 Å². The summed E-state index contributed by atoms with van der Waals surface area (Å²) in [6.07, 6.45) is 6.11. The molecule has 0 spiro atoms. The van der Waals surface area contributed by atoms with Crippen molar-refractivity contribution < 1.29 is 0 Å². The summed E-state index contributed by atoms with van der Waals surface area (Å²) >= 11 is 7.40. The first-order chi connectivity index (χ1) is 10.7. The smallest absolute Gasteiger partial charge is 0.138 e. The number of rotatable bonds is 3. The van der Waals surface area contributed by atoms with Crippen LogP contribution in [0.4, 0.5) is 0 Å². The lowest BCUT2D eigenvalue weighted by Gasteiger charge is -2.21. The second kappa shape index (κ2) is 5.91. The van der Waals surface area contributed by atoms with E-state index in [1.807, 2.05) is 0 Å². The third-order valence-corrected chi connectivity index (χ3v) is 5.83. The van der Waals surface area contributed by atoms with Gasteiger partial charge in [-0.3, -0.25) is 4.90 Å². The molecule has 3 heterocycles. The number of aromatic nitrogens is 4. The molecule has 1 aliphatic heterocycles.